The van der Waals surface area contributed by atoms with Crippen LogP contribution in [0.25, 0.3) is 0 Å². The van der Waals surface area contributed by atoms with Crippen molar-refractivity contribution in [3.8, 4) is 0 Å². The number of carbonyl (C=O) groups excluding carboxylic acids is 1. The zero-order valence-electron chi connectivity index (χ0n) is 8.63. The Labute approximate surface area is 93.1 Å². The zero-order chi connectivity index (χ0) is 11.1. The number of fused-ring (bicyclic) bond motifs is 3. The van der Waals surface area contributed by atoms with E-state index in [1.165, 1.54) is 11.8 Å². The van der Waals surface area contributed by atoms with Crippen LogP contribution in [-0.4, -0.2) is 18.2 Å². The highest BCUT2D eigenvalue weighted by molar-refractivity contribution is 6.00. The van der Waals surface area contributed by atoms with Gasteiger partial charge >= 0.3 is 0 Å². The molecule has 2 aliphatic rings. The van der Waals surface area contributed by atoms with Crippen molar-refractivity contribution in [2.75, 3.05) is 4.90 Å². The molecule has 16 heavy (non-hydrogen) atoms. The molecule has 80 valence electrons. The number of para-hydroxylation sites is 1. The Kier molecular flexibility index (Phi) is 1.83. The highest BCUT2D eigenvalue weighted by atomic mass is 16.1. The molecule has 0 saturated heterocycles. The van der Waals surface area contributed by atoms with Gasteiger partial charge in [-0.2, -0.15) is 0 Å². The second-order valence-corrected chi connectivity index (χ2v) is 3.95. The molecule has 0 fully saturated rings. The van der Waals surface area contributed by atoms with Gasteiger partial charge in [0.2, 0.25) is 0 Å². The largest absolute Gasteiger partial charge is 0.364 e. The van der Waals surface area contributed by atoms with Crippen molar-refractivity contribution < 1.29 is 4.79 Å². The Balaban J connectivity index is 2.12. The number of aliphatic imine (C=N–C) groups is 1. The van der Waals surface area contributed by atoms with Crippen LogP contribution < -0.4 is 10.6 Å². The summed E-state index contributed by atoms with van der Waals surface area (Å²) in [6.45, 7) is 0. The minimum Gasteiger partial charge on any atom is -0.364 e. The SMILES string of the molecule is NC(=O)C1=CN=CC2Cc3ccccc3N12. The van der Waals surface area contributed by atoms with Gasteiger partial charge in [0, 0.05) is 18.3 Å². The first-order valence-corrected chi connectivity index (χ1v) is 5.18. The maximum atomic E-state index is 11.3. The lowest BCUT2D eigenvalue weighted by atomic mass is 10.1. The molecule has 0 radical (unpaired) electrons. The van der Waals surface area contributed by atoms with E-state index in [1.54, 1.807) is 0 Å². The Bertz CT molecular complexity index is 519. The van der Waals surface area contributed by atoms with Gasteiger partial charge in [-0.25, -0.2) is 0 Å². The Hall–Kier alpha value is -2.10. The molecule has 2 heterocycles. The number of nitrogens with two attached hydrogens (primary N) is 1. The molecular weight excluding hydrogens is 202 g/mol. The van der Waals surface area contributed by atoms with Gasteiger partial charge in [-0.15, -0.1) is 0 Å². The predicted molar refractivity (Wildman–Crippen MR) is 62.2 cm³/mol. The van der Waals surface area contributed by atoms with Crippen LogP contribution in [0.15, 0.2) is 41.2 Å². The number of hydrogen-bond donors (Lipinski definition) is 1. The third kappa shape index (κ3) is 1.16. The van der Waals surface area contributed by atoms with Gasteiger partial charge in [0.15, 0.2) is 0 Å². The monoisotopic (exact) mass is 213 g/mol. The molecule has 1 amide bonds. The number of benzene rings is 1. The maximum absolute atomic E-state index is 11.3. The molecule has 0 saturated carbocycles. The molecule has 0 aromatic heterocycles. The fourth-order valence-corrected chi connectivity index (χ4v) is 2.30. The number of amides is 1. The average molecular weight is 213 g/mol. The predicted octanol–water partition coefficient (Wildman–Crippen LogP) is 0.829. The second kappa shape index (κ2) is 3.20. The summed E-state index contributed by atoms with van der Waals surface area (Å²) >= 11 is 0. The van der Waals surface area contributed by atoms with Crippen LogP contribution in [0, 0.1) is 0 Å². The summed E-state index contributed by atoms with van der Waals surface area (Å²) in [6.07, 6.45) is 4.26. The van der Waals surface area contributed by atoms with Gasteiger partial charge < -0.3 is 10.6 Å². The summed E-state index contributed by atoms with van der Waals surface area (Å²) < 4.78 is 0. The lowest BCUT2D eigenvalue weighted by Gasteiger charge is -2.27. The smallest absolute Gasteiger partial charge is 0.266 e. The van der Waals surface area contributed by atoms with E-state index in [9.17, 15) is 4.79 Å². The van der Waals surface area contributed by atoms with Crippen LogP contribution in [0.1, 0.15) is 5.56 Å². The van der Waals surface area contributed by atoms with Crippen molar-refractivity contribution in [1.82, 2.24) is 0 Å². The highest BCUT2D eigenvalue weighted by Crippen LogP contribution is 2.35. The van der Waals surface area contributed by atoms with Crippen LogP contribution >= 0.6 is 0 Å². The van der Waals surface area contributed by atoms with Crippen molar-refractivity contribution in [3.05, 3.63) is 41.7 Å². The van der Waals surface area contributed by atoms with E-state index in [1.807, 2.05) is 29.3 Å². The number of hydrogen-bond acceptors (Lipinski definition) is 3. The molecule has 2 N–H and O–H groups in total. The number of carbonyl (C=O) groups is 1. The minimum absolute atomic E-state index is 0.130. The van der Waals surface area contributed by atoms with Crippen molar-refractivity contribution in [2.45, 2.75) is 12.5 Å². The highest BCUT2D eigenvalue weighted by Gasteiger charge is 2.33. The van der Waals surface area contributed by atoms with Crippen molar-refractivity contribution in [3.63, 3.8) is 0 Å². The zero-order valence-corrected chi connectivity index (χ0v) is 8.63. The summed E-state index contributed by atoms with van der Waals surface area (Å²) in [6, 6.07) is 8.17. The molecule has 3 rings (SSSR count). The Morgan fingerprint density at radius 2 is 2.25 bits per heavy atom. The van der Waals surface area contributed by atoms with Crippen molar-refractivity contribution in [1.29, 1.82) is 0 Å². The summed E-state index contributed by atoms with van der Waals surface area (Å²) in [7, 11) is 0. The number of nitrogens with zero attached hydrogens (tertiary/aromatic N) is 2. The molecule has 1 unspecified atom stereocenters. The first-order valence-electron chi connectivity index (χ1n) is 5.18. The molecule has 0 spiro atoms. The van der Waals surface area contributed by atoms with E-state index in [0.717, 1.165) is 12.1 Å². The first-order chi connectivity index (χ1) is 7.77. The van der Waals surface area contributed by atoms with Crippen molar-refractivity contribution in [2.24, 2.45) is 10.7 Å². The molecule has 1 aromatic rings. The van der Waals surface area contributed by atoms with E-state index >= 15 is 0 Å². The van der Waals surface area contributed by atoms with Gasteiger partial charge in [0.05, 0.1) is 12.2 Å². The fraction of sp³-hybridized carbons (Fsp3) is 0.167. The third-order valence-corrected chi connectivity index (χ3v) is 2.98. The van der Waals surface area contributed by atoms with Gasteiger partial charge in [-0.1, -0.05) is 18.2 Å². The Morgan fingerprint density at radius 1 is 1.44 bits per heavy atom. The first kappa shape index (κ1) is 9.15. The minimum atomic E-state index is -0.432. The standard InChI is InChI=1S/C12H11N3O/c13-12(16)11-7-14-6-9-5-8-3-1-2-4-10(8)15(9)11/h1-4,6-7,9H,5H2,(H2,13,16). The molecule has 1 atom stereocenters. The number of primary amides is 1. The van der Waals surface area contributed by atoms with Crippen LogP contribution in [0.4, 0.5) is 5.69 Å². The lowest BCUT2D eigenvalue weighted by molar-refractivity contribution is -0.114. The van der Waals surface area contributed by atoms with E-state index in [2.05, 4.69) is 11.1 Å². The normalized spacial score (nSPS) is 21.4. The molecule has 4 heteroatoms. The van der Waals surface area contributed by atoms with Gasteiger partial charge in [-0.3, -0.25) is 9.79 Å². The summed E-state index contributed by atoms with van der Waals surface area (Å²) in [4.78, 5) is 17.4. The van der Waals surface area contributed by atoms with Gasteiger partial charge in [-0.05, 0) is 11.6 Å². The molecule has 1 aromatic carbocycles. The quantitative estimate of drug-likeness (QED) is 0.751. The summed E-state index contributed by atoms with van der Waals surface area (Å²) in [5.41, 5.74) is 8.12. The summed E-state index contributed by atoms with van der Waals surface area (Å²) in [5.74, 6) is -0.432. The van der Waals surface area contributed by atoms with Crippen LogP contribution in [-0.2, 0) is 11.2 Å². The van der Waals surface area contributed by atoms with Crippen LogP contribution in [0.3, 0.4) is 0 Å². The Morgan fingerprint density at radius 3 is 3.06 bits per heavy atom. The van der Waals surface area contributed by atoms with Crippen LogP contribution in [0.2, 0.25) is 0 Å². The van der Waals surface area contributed by atoms with Crippen molar-refractivity contribution >= 4 is 17.8 Å². The molecule has 0 aliphatic carbocycles. The molecule has 2 aliphatic heterocycles. The summed E-state index contributed by atoms with van der Waals surface area (Å²) in [5, 5.41) is 0. The van der Waals surface area contributed by atoms with E-state index < -0.39 is 5.91 Å². The second-order valence-electron chi connectivity index (χ2n) is 3.95. The molecule has 0 bridgehead atoms. The topological polar surface area (TPSA) is 58.7 Å². The van der Waals surface area contributed by atoms with E-state index in [4.69, 9.17) is 5.73 Å². The fourth-order valence-electron chi connectivity index (χ4n) is 2.30. The number of rotatable bonds is 1. The third-order valence-electron chi connectivity index (χ3n) is 2.98. The molecule has 4 nitrogen and oxygen atoms in total. The van der Waals surface area contributed by atoms with Gasteiger partial charge in [0.1, 0.15) is 5.70 Å². The van der Waals surface area contributed by atoms with Gasteiger partial charge in [0.25, 0.3) is 5.91 Å². The van der Waals surface area contributed by atoms with E-state index in [-0.39, 0.29) is 6.04 Å². The lowest BCUT2D eigenvalue weighted by Crippen LogP contribution is -2.39. The number of anilines is 1. The molecular formula is C12H11N3O. The maximum Gasteiger partial charge on any atom is 0.266 e. The average Bonchev–Trinajstić information content (AvgIpc) is 2.66. The van der Waals surface area contributed by atoms with Crippen LogP contribution in [0.5, 0.6) is 0 Å². The van der Waals surface area contributed by atoms with E-state index in [0.29, 0.717) is 5.70 Å².